The number of nitrogens with zero attached hydrogens (tertiary/aromatic N) is 2. The first kappa shape index (κ1) is 19.8. The first-order valence-electron chi connectivity index (χ1n) is 9.67. The van der Waals surface area contributed by atoms with Gasteiger partial charge in [0.25, 0.3) is 5.91 Å². The van der Waals surface area contributed by atoms with Crippen molar-refractivity contribution in [2.24, 2.45) is 0 Å². The van der Waals surface area contributed by atoms with Crippen LogP contribution >= 0.6 is 11.3 Å². The highest BCUT2D eigenvalue weighted by molar-refractivity contribution is 7.12. The Labute approximate surface area is 165 Å². The number of aryl methyl sites for hydroxylation is 1. The molecule has 1 aromatic carbocycles. The number of carbonyl (C=O) groups is 2. The van der Waals surface area contributed by atoms with E-state index in [1.54, 1.807) is 11.4 Å². The molecule has 1 fully saturated rings. The van der Waals surface area contributed by atoms with E-state index in [0.717, 1.165) is 45.3 Å². The third-order valence-electron chi connectivity index (χ3n) is 5.32. The SMILES string of the molecule is CC(=O)c1cc(C(=O)N(C)C2CCCN(CCCc3ccccc3)C2)cs1. The fourth-order valence-electron chi connectivity index (χ4n) is 3.70. The largest absolute Gasteiger partial charge is 0.337 e. The fraction of sp³-hybridized carbons (Fsp3) is 0.455. The lowest BCUT2D eigenvalue weighted by Gasteiger charge is -2.37. The fourth-order valence-corrected chi connectivity index (χ4v) is 4.49. The van der Waals surface area contributed by atoms with Crippen LogP contribution in [0.2, 0.25) is 0 Å². The highest BCUT2D eigenvalue weighted by Crippen LogP contribution is 2.21. The van der Waals surface area contributed by atoms with Gasteiger partial charge in [-0.25, -0.2) is 0 Å². The summed E-state index contributed by atoms with van der Waals surface area (Å²) in [5, 5.41) is 1.80. The van der Waals surface area contributed by atoms with E-state index >= 15 is 0 Å². The van der Waals surface area contributed by atoms with Gasteiger partial charge in [0.05, 0.1) is 10.4 Å². The molecular formula is C22H28N2O2S. The van der Waals surface area contributed by atoms with Gasteiger partial charge in [-0.15, -0.1) is 11.3 Å². The van der Waals surface area contributed by atoms with Crippen LogP contribution in [-0.2, 0) is 6.42 Å². The van der Waals surface area contributed by atoms with Crippen molar-refractivity contribution in [3.05, 3.63) is 57.8 Å². The van der Waals surface area contributed by atoms with E-state index < -0.39 is 0 Å². The lowest BCUT2D eigenvalue weighted by Crippen LogP contribution is -2.48. The van der Waals surface area contributed by atoms with Crippen molar-refractivity contribution in [3.63, 3.8) is 0 Å². The summed E-state index contributed by atoms with van der Waals surface area (Å²) < 4.78 is 0. The molecule has 1 amide bonds. The van der Waals surface area contributed by atoms with Crippen molar-refractivity contribution in [1.29, 1.82) is 0 Å². The highest BCUT2D eigenvalue weighted by Gasteiger charge is 2.27. The zero-order valence-electron chi connectivity index (χ0n) is 16.2. The number of carbonyl (C=O) groups excluding carboxylic acids is 2. The number of piperidine rings is 1. The van der Waals surface area contributed by atoms with Crippen molar-refractivity contribution in [2.75, 3.05) is 26.7 Å². The third-order valence-corrected chi connectivity index (χ3v) is 6.36. The number of Topliss-reactive ketones (excluding diaryl/α,β-unsaturated/α-hetero) is 1. The quantitative estimate of drug-likeness (QED) is 0.674. The molecule has 1 unspecified atom stereocenters. The van der Waals surface area contributed by atoms with Crippen LogP contribution in [0.4, 0.5) is 0 Å². The summed E-state index contributed by atoms with van der Waals surface area (Å²) in [5.74, 6) is 0.0406. The molecule has 1 aliphatic rings. The topological polar surface area (TPSA) is 40.6 Å². The van der Waals surface area contributed by atoms with Crippen LogP contribution in [0.25, 0.3) is 0 Å². The number of hydrogen-bond donors (Lipinski definition) is 0. The zero-order chi connectivity index (χ0) is 19.2. The van der Waals surface area contributed by atoms with Crippen LogP contribution < -0.4 is 0 Å². The number of rotatable bonds is 7. The second-order valence-electron chi connectivity index (χ2n) is 7.36. The van der Waals surface area contributed by atoms with Gasteiger partial charge in [-0.1, -0.05) is 30.3 Å². The average molecular weight is 385 g/mol. The molecule has 144 valence electrons. The Morgan fingerprint density at radius 2 is 2.04 bits per heavy atom. The molecule has 0 N–H and O–H groups in total. The van der Waals surface area contributed by atoms with Crippen LogP contribution in [-0.4, -0.2) is 54.2 Å². The Hall–Kier alpha value is -1.98. The molecule has 0 aliphatic carbocycles. The van der Waals surface area contributed by atoms with Crippen molar-refractivity contribution < 1.29 is 9.59 Å². The molecule has 1 saturated heterocycles. The predicted molar refractivity (Wildman–Crippen MR) is 111 cm³/mol. The highest BCUT2D eigenvalue weighted by atomic mass is 32.1. The normalized spacial score (nSPS) is 17.6. The van der Waals surface area contributed by atoms with E-state index in [-0.39, 0.29) is 17.7 Å². The van der Waals surface area contributed by atoms with Gasteiger partial charge in [0.1, 0.15) is 0 Å². The average Bonchev–Trinajstić information content (AvgIpc) is 3.18. The van der Waals surface area contributed by atoms with E-state index in [1.807, 2.05) is 11.9 Å². The summed E-state index contributed by atoms with van der Waals surface area (Å²) >= 11 is 1.35. The molecule has 0 saturated carbocycles. The van der Waals surface area contributed by atoms with Crippen LogP contribution in [0.3, 0.4) is 0 Å². The van der Waals surface area contributed by atoms with Crippen molar-refractivity contribution in [2.45, 2.75) is 38.6 Å². The van der Waals surface area contributed by atoms with E-state index in [1.165, 1.54) is 23.8 Å². The lowest BCUT2D eigenvalue weighted by molar-refractivity contribution is 0.0617. The number of likely N-dealkylation sites (tertiary alicyclic amines) is 1. The van der Waals surface area contributed by atoms with Gasteiger partial charge in [0.2, 0.25) is 0 Å². The Morgan fingerprint density at radius 3 is 2.74 bits per heavy atom. The molecule has 2 aromatic rings. The molecule has 0 radical (unpaired) electrons. The Bertz CT molecular complexity index is 772. The van der Waals surface area contributed by atoms with Gasteiger partial charge < -0.3 is 9.80 Å². The van der Waals surface area contributed by atoms with Crippen molar-refractivity contribution in [3.8, 4) is 0 Å². The molecule has 4 nitrogen and oxygen atoms in total. The number of amides is 1. The zero-order valence-corrected chi connectivity index (χ0v) is 17.0. The van der Waals surface area contributed by atoms with E-state index in [2.05, 4.69) is 35.2 Å². The monoisotopic (exact) mass is 384 g/mol. The molecule has 5 heteroatoms. The van der Waals surface area contributed by atoms with Crippen molar-refractivity contribution >= 4 is 23.0 Å². The van der Waals surface area contributed by atoms with Crippen LogP contribution in [0, 0.1) is 0 Å². The summed E-state index contributed by atoms with van der Waals surface area (Å²) in [4.78, 5) is 29.3. The molecular weight excluding hydrogens is 356 g/mol. The molecule has 0 spiro atoms. The minimum atomic E-state index is 0.0176. The smallest absolute Gasteiger partial charge is 0.254 e. The number of benzene rings is 1. The van der Waals surface area contributed by atoms with E-state index in [9.17, 15) is 9.59 Å². The molecule has 2 heterocycles. The van der Waals surface area contributed by atoms with Crippen LogP contribution in [0.1, 0.15) is 51.8 Å². The summed E-state index contributed by atoms with van der Waals surface area (Å²) in [6.07, 6.45) is 4.40. The molecule has 1 atom stereocenters. The standard InChI is InChI=1S/C22H28N2O2S/c1-17(25)21-14-19(16-27-21)22(26)23(2)20-11-7-13-24(15-20)12-6-10-18-8-4-3-5-9-18/h3-5,8-9,14,16,20H,6-7,10-13,15H2,1-2H3. The maximum absolute atomic E-state index is 12.8. The first-order valence-corrected chi connectivity index (χ1v) is 10.6. The van der Waals surface area contributed by atoms with Gasteiger partial charge in [-0.3, -0.25) is 9.59 Å². The number of likely N-dealkylation sites (N-methyl/N-ethyl adjacent to an activating group) is 1. The van der Waals surface area contributed by atoms with Crippen molar-refractivity contribution in [1.82, 2.24) is 9.80 Å². The summed E-state index contributed by atoms with van der Waals surface area (Å²) in [5.41, 5.74) is 2.02. The first-order chi connectivity index (χ1) is 13.0. The van der Waals surface area contributed by atoms with Crippen LogP contribution in [0.15, 0.2) is 41.8 Å². The van der Waals surface area contributed by atoms with Gasteiger partial charge in [-0.05, 0) is 57.3 Å². The Morgan fingerprint density at radius 1 is 1.26 bits per heavy atom. The van der Waals surface area contributed by atoms with Gasteiger partial charge in [0.15, 0.2) is 5.78 Å². The molecule has 1 aromatic heterocycles. The molecule has 0 bridgehead atoms. The number of hydrogen-bond acceptors (Lipinski definition) is 4. The minimum Gasteiger partial charge on any atom is -0.337 e. The summed E-state index contributed by atoms with van der Waals surface area (Å²) in [6, 6.07) is 12.6. The van der Waals surface area contributed by atoms with Gasteiger partial charge in [-0.2, -0.15) is 0 Å². The number of ketones is 1. The summed E-state index contributed by atoms with van der Waals surface area (Å²) in [7, 11) is 1.89. The molecule has 3 rings (SSSR count). The third kappa shape index (κ3) is 5.27. The molecule has 1 aliphatic heterocycles. The van der Waals surface area contributed by atoms with E-state index in [4.69, 9.17) is 0 Å². The second-order valence-corrected chi connectivity index (χ2v) is 8.27. The Kier molecular flexibility index (Phi) is 6.80. The summed E-state index contributed by atoms with van der Waals surface area (Å²) in [6.45, 7) is 4.65. The molecule has 27 heavy (non-hydrogen) atoms. The van der Waals surface area contributed by atoms with Gasteiger partial charge >= 0.3 is 0 Å². The maximum Gasteiger partial charge on any atom is 0.254 e. The van der Waals surface area contributed by atoms with E-state index in [0.29, 0.717) is 10.4 Å². The minimum absolute atomic E-state index is 0.0176. The second kappa shape index (κ2) is 9.29. The predicted octanol–water partition coefficient (Wildman–Crippen LogP) is 4.12. The lowest BCUT2D eigenvalue weighted by atomic mass is 10.0. The van der Waals surface area contributed by atoms with Crippen LogP contribution in [0.5, 0.6) is 0 Å². The van der Waals surface area contributed by atoms with Gasteiger partial charge in [0, 0.05) is 25.0 Å². The maximum atomic E-state index is 12.8. The number of thiophene rings is 1. The Balaban J connectivity index is 1.51.